The lowest BCUT2D eigenvalue weighted by atomic mass is 9.81. The average Bonchev–Trinajstić information content (AvgIpc) is 3.31. The normalized spacial score (nSPS) is 21.1. The van der Waals surface area contributed by atoms with Gasteiger partial charge in [-0.2, -0.15) is 0 Å². The largest absolute Gasteiger partial charge is 0.497 e. The van der Waals surface area contributed by atoms with Gasteiger partial charge in [-0.1, -0.05) is 6.07 Å². The number of hydrogen-bond donors (Lipinski definition) is 1. The zero-order valence-electron chi connectivity index (χ0n) is 12.2. The summed E-state index contributed by atoms with van der Waals surface area (Å²) >= 11 is 0. The minimum Gasteiger partial charge on any atom is -0.497 e. The fourth-order valence-electron chi connectivity index (χ4n) is 3.16. The van der Waals surface area contributed by atoms with Gasteiger partial charge in [-0.05, 0) is 67.7 Å². The van der Waals surface area contributed by atoms with Crippen LogP contribution in [0.3, 0.4) is 0 Å². The Morgan fingerprint density at radius 1 is 1.35 bits per heavy atom. The zero-order chi connectivity index (χ0) is 13.9. The summed E-state index contributed by atoms with van der Waals surface area (Å²) in [6.45, 7) is 0.802. The second-order valence-electron chi connectivity index (χ2n) is 6.01. The molecule has 0 radical (unpaired) electrons. The molecule has 1 saturated carbocycles. The monoisotopic (exact) mass is 273 g/mol. The molecule has 1 amide bonds. The summed E-state index contributed by atoms with van der Waals surface area (Å²) in [4.78, 5) is 11.7. The molecule has 20 heavy (non-hydrogen) atoms. The van der Waals surface area contributed by atoms with Gasteiger partial charge in [0.25, 0.3) is 0 Å². The van der Waals surface area contributed by atoms with Crippen molar-refractivity contribution in [2.45, 2.75) is 44.4 Å². The van der Waals surface area contributed by atoms with E-state index < -0.39 is 0 Å². The number of amides is 1. The summed E-state index contributed by atoms with van der Waals surface area (Å²) in [6, 6.07) is 6.43. The molecule has 3 heteroatoms. The van der Waals surface area contributed by atoms with Gasteiger partial charge in [0.1, 0.15) is 5.75 Å². The van der Waals surface area contributed by atoms with E-state index in [0.717, 1.165) is 31.6 Å². The van der Waals surface area contributed by atoms with Crippen LogP contribution in [0, 0.1) is 5.92 Å². The molecule has 0 aromatic heterocycles. The maximum absolute atomic E-state index is 11.7. The molecule has 0 bridgehead atoms. The average molecular weight is 273 g/mol. The van der Waals surface area contributed by atoms with Gasteiger partial charge >= 0.3 is 0 Å². The molecule has 2 aliphatic carbocycles. The van der Waals surface area contributed by atoms with E-state index in [-0.39, 0.29) is 5.91 Å². The predicted octanol–water partition coefficient (Wildman–Crippen LogP) is 3.03. The van der Waals surface area contributed by atoms with Gasteiger partial charge in [0.15, 0.2) is 0 Å². The Balaban J connectivity index is 1.61. The number of benzene rings is 1. The van der Waals surface area contributed by atoms with E-state index in [2.05, 4.69) is 23.5 Å². The van der Waals surface area contributed by atoms with Gasteiger partial charge in [0, 0.05) is 12.5 Å². The third-order valence-electron chi connectivity index (χ3n) is 4.53. The van der Waals surface area contributed by atoms with E-state index >= 15 is 0 Å². The van der Waals surface area contributed by atoms with Crippen LogP contribution in [0.15, 0.2) is 18.2 Å². The molecule has 0 unspecified atom stereocenters. The van der Waals surface area contributed by atoms with Crippen LogP contribution in [-0.2, 0) is 11.2 Å². The first-order valence-electron chi connectivity index (χ1n) is 7.72. The summed E-state index contributed by atoms with van der Waals surface area (Å²) in [6.07, 6.45) is 6.84. The van der Waals surface area contributed by atoms with Crippen molar-refractivity contribution < 1.29 is 9.53 Å². The van der Waals surface area contributed by atoms with Crippen molar-refractivity contribution in [2.24, 2.45) is 5.92 Å². The second-order valence-corrected chi connectivity index (χ2v) is 6.01. The van der Waals surface area contributed by atoms with Crippen molar-refractivity contribution in [1.29, 1.82) is 0 Å². The van der Waals surface area contributed by atoms with E-state index in [0.29, 0.717) is 11.8 Å². The number of carbonyl (C=O) groups is 1. The second kappa shape index (κ2) is 5.86. The van der Waals surface area contributed by atoms with Crippen molar-refractivity contribution in [3.05, 3.63) is 29.3 Å². The molecule has 0 spiro atoms. The third-order valence-corrected chi connectivity index (χ3v) is 4.53. The van der Waals surface area contributed by atoms with Crippen LogP contribution in [-0.4, -0.2) is 19.6 Å². The van der Waals surface area contributed by atoms with Crippen molar-refractivity contribution in [2.75, 3.05) is 13.7 Å². The predicted molar refractivity (Wildman–Crippen MR) is 79.0 cm³/mol. The smallest absolute Gasteiger partial charge is 0.223 e. The van der Waals surface area contributed by atoms with Crippen LogP contribution < -0.4 is 10.1 Å². The van der Waals surface area contributed by atoms with Gasteiger partial charge in [-0.15, -0.1) is 0 Å². The lowest BCUT2D eigenvalue weighted by Crippen LogP contribution is -2.27. The van der Waals surface area contributed by atoms with Crippen LogP contribution in [0.2, 0.25) is 0 Å². The first kappa shape index (κ1) is 13.5. The van der Waals surface area contributed by atoms with Crippen LogP contribution >= 0.6 is 0 Å². The molecule has 1 N–H and O–H groups in total. The number of ether oxygens (including phenoxy) is 1. The zero-order valence-corrected chi connectivity index (χ0v) is 12.2. The van der Waals surface area contributed by atoms with Gasteiger partial charge < -0.3 is 10.1 Å². The van der Waals surface area contributed by atoms with E-state index in [1.165, 1.54) is 30.4 Å². The van der Waals surface area contributed by atoms with Gasteiger partial charge in [-0.3, -0.25) is 4.79 Å². The highest BCUT2D eigenvalue weighted by Gasteiger charge is 2.29. The molecule has 0 saturated heterocycles. The Kier molecular flexibility index (Phi) is 3.95. The highest BCUT2D eigenvalue weighted by molar-refractivity contribution is 5.80. The molecular weight excluding hydrogens is 250 g/mol. The molecule has 108 valence electrons. The van der Waals surface area contributed by atoms with Crippen molar-refractivity contribution >= 4 is 5.91 Å². The Hall–Kier alpha value is -1.51. The summed E-state index contributed by atoms with van der Waals surface area (Å²) in [5, 5.41) is 3.08. The Morgan fingerprint density at radius 3 is 2.95 bits per heavy atom. The Morgan fingerprint density at radius 2 is 2.20 bits per heavy atom. The van der Waals surface area contributed by atoms with E-state index in [1.807, 2.05) is 0 Å². The number of fused-ring (bicyclic) bond motifs is 1. The standard InChI is InChI=1S/C17H23NO2/c1-20-15-8-7-12-3-2-4-13(16(12)11-15)9-10-18-17(19)14-5-6-14/h7-8,11,13-14H,2-6,9-10H2,1H3,(H,18,19)/t13-/m0/s1. The molecule has 3 rings (SSSR count). The molecule has 0 aliphatic heterocycles. The van der Waals surface area contributed by atoms with Crippen LogP contribution in [0.4, 0.5) is 0 Å². The number of rotatable bonds is 5. The topological polar surface area (TPSA) is 38.3 Å². The highest BCUT2D eigenvalue weighted by atomic mass is 16.5. The molecule has 1 aromatic carbocycles. The maximum Gasteiger partial charge on any atom is 0.223 e. The van der Waals surface area contributed by atoms with E-state index in [1.54, 1.807) is 7.11 Å². The first-order chi connectivity index (χ1) is 9.78. The molecule has 1 aromatic rings. The van der Waals surface area contributed by atoms with Gasteiger partial charge in [0.2, 0.25) is 5.91 Å². The fourth-order valence-corrected chi connectivity index (χ4v) is 3.16. The highest BCUT2D eigenvalue weighted by Crippen LogP contribution is 2.36. The summed E-state index contributed by atoms with van der Waals surface area (Å²) < 4.78 is 5.34. The van der Waals surface area contributed by atoms with E-state index in [9.17, 15) is 4.79 Å². The lowest BCUT2D eigenvalue weighted by molar-refractivity contribution is -0.122. The molecule has 2 aliphatic rings. The lowest BCUT2D eigenvalue weighted by Gasteiger charge is -2.26. The van der Waals surface area contributed by atoms with Crippen molar-refractivity contribution in [1.82, 2.24) is 5.32 Å². The Bertz CT molecular complexity index is 494. The molecular formula is C17H23NO2. The number of hydrogen-bond acceptors (Lipinski definition) is 2. The van der Waals surface area contributed by atoms with Gasteiger partial charge in [-0.25, -0.2) is 0 Å². The van der Waals surface area contributed by atoms with Crippen LogP contribution in [0.1, 0.15) is 49.1 Å². The first-order valence-corrected chi connectivity index (χ1v) is 7.72. The molecule has 1 atom stereocenters. The van der Waals surface area contributed by atoms with Crippen molar-refractivity contribution in [3.63, 3.8) is 0 Å². The molecule has 3 nitrogen and oxygen atoms in total. The quantitative estimate of drug-likeness (QED) is 0.895. The fraction of sp³-hybridized carbons (Fsp3) is 0.588. The minimum absolute atomic E-state index is 0.256. The van der Waals surface area contributed by atoms with E-state index in [4.69, 9.17) is 4.74 Å². The number of carbonyl (C=O) groups excluding carboxylic acids is 1. The maximum atomic E-state index is 11.7. The minimum atomic E-state index is 0.256. The summed E-state index contributed by atoms with van der Waals surface area (Å²) in [7, 11) is 1.72. The Labute approximate surface area is 120 Å². The number of aryl methyl sites for hydroxylation is 1. The van der Waals surface area contributed by atoms with Crippen LogP contribution in [0.5, 0.6) is 5.75 Å². The number of nitrogens with one attached hydrogen (secondary N) is 1. The van der Waals surface area contributed by atoms with Crippen molar-refractivity contribution in [3.8, 4) is 5.75 Å². The summed E-state index contributed by atoms with van der Waals surface area (Å²) in [5.41, 5.74) is 2.88. The molecule has 0 heterocycles. The van der Waals surface area contributed by atoms with Crippen LogP contribution in [0.25, 0.3) is 0 Å². The SMILES string of the molecule is COc1ccc2c(c1)[C@H](CCNC(=O)C1CC1)CCC2. The number of methoxy groups -OCH3 is 1. The van der Waals surface area contributed by atoms with Gasteiger partial charge in [0.05, 0.1) is 7.11 Å². The third kappa shape index (κ3) is 2.97. The molecule has 1 fully saturated rings. The summed E-state index contributed by atoms with van der Waals surface area (Å²) in [5.74, 6) is 2.08.